The number of piperidine rings is 1. The van der Waals surface area contributed by atoms with Crippen LogP contribution >= 0.6 is 12.4 Å². The van der Waals surface area contributed by atoms with Gasteiger partial charge >= 0.3 is 0 Å². The third-order valence-electron chi connectivity index (χ3n) is 4.93. The van der Waals surface area contributed by atoms with E-state index in [1.165, 1.54) is 6.07 Å². The van der Waals surface area contributed by atoms with E-state index in [2.05, 4.69) is 26.1 Å². The molecule has 8 heteroatoms. The fourth-order valence-electron chi connectivity index (χ4n) is 3.38. The van der Waals surface area contributed by atoms with Gasteiger partial charge in [0.2, 0.25) is 0 Å². The summed E-state index contributed by atoms with van der Waals surface area (Å²) in [4.78, 5) is 25.7. The summed E-state index contributed by atoms with van der Waals surface area (Å²) in [6, 6.07) is 4.61. The third-order valence-corrected chi connectivity index (χ3v) is 4.93. The van der Waals surface area contributed by atoms with Crippen LogP contribution in [0.2, 0.25) is 0 Å². The fraction of sp³-hybridized carbons (Fsp3) is 0.632. The highest BCUT2D eigenvalue weighted by atomic mass is 35.5. The highest BCUT2D eigenvalue weighted by Crippen LogP contribution is 2.32. The Hall–Kier alpha value is -1.86. The van der Waals surface area contributed by atoms with E-state index in [0.29, 0.717) is 29.6 Å². The predicted molar refractivity (Wildman–Crippen MR) is 111 cm³/mol. The van der Waals surface area contributed by atoms with Gasteiger partial charge in [0.15, 0.2) is 0 Å². The minimum Gasteiger partial charge on any atom is -0.366 e. The lowest BCUT2D eigenvalue weighted by Crippen LogP contribution is -2.41. The number of nitro groups is 1. The molecular weight excluding hydrogens is 368 g/mol. The Morgan fingerprint density at radius 3 is 2.52 bits per heavy atom. The lowest BCUT2D eigenvalue weighted by atomic mass is 9.98. The molecule has 7 nitrogen and oxygen atoms in total. The molecule has 0 aliphatic carbocycles. The second-order valence-electron chi connectivity index (χ2n) is 7.67. The molecule has 0 spiro atoms. The summed E-state index contributed by atoms with van der Waals surface area (Å²) in [5.74, 6) is 0.731. The first-order valence-corrected chi connectivity index (χ1v) is 9.36. The molecule has 2 rings (SSSR count). The minimum absolute atomic E-state index is 0. The minimum atomic E-state index is -0.404. The van der Waals surface area contributed by atoms with Crippen molar-refractivity contribution in [3.63, 3.8) is 0 Å². The standard InChI is InChI=1S/C19H30N4O3.ClH/c1-13(2)10-16(12-20)21-19(24)15-4-5-17(18(11-15)23(25)26)22-8-6-14(3)7-9-22;/h4-5,11,13-14,16H,6-10,12,20H2,1-3H3,(H,21,24);1H. The van der Waals surface area contributed by atoms with Gasteiger partial charge in [-0.15, -0.1) is 12.4 Å². The van der Waals surface area contributed by atoms with Crippen LogP contribution in [-0.2, 0) is 0 Å². The van der Waals surface area contributed by atoms with E-state index in [9.17, 15) is 14.9 Å². The normalized spacial score (nSPS) is 16.0. The van der Waals surface area contributed by atoms with E-state index < -0.39 is 4.92 Å². The summed E-state index contributed by atoms with van der Waals surface area (Å²) in [6.45, 7) is 8.27. The second-order valence-corrected chi connectivity index (χ2v) is 7.67. The van der Waals surface area contributed by atoms with Crippen molar-refractivity contribution in [2.45, 2.75) is 46.1 Å². The number of nitrogens with zero attached hydrogens (tertiary/aromatic N) is 2. The van der Waals surface area contributed by atoms with Crippen molar-refractivity contribution in [1.29, 1.82) is 0 Å². The van der Waals surface area contributed by atoms with E-state index >= 15 is 0 Å². The van der Waals surface area contributed by atoms with Crippen molar-refractivity contribution >= 4 is 29.7 Å². The number of hydrogen-bond acceptors (Lipinski definition) is 5. The number of halogens is 1. The van der Waals surface area contributed by atoms with Crippen molar-refractivity contribution < 1.29 is 9.72 Å². The Morgan fingerprint density at radius 1 is 1.37 bits per heavy atom. The largest absolute Gasteiger partial charge is 0.366 e. The number of carbonyl (C=O) groups is 1. The maximum Gasteiger partial charge on any atom is 0.293 e. The molecule has 1 aliphatic rings. The topological polar surface area (TPSA) is 102 Å². The number of nitrogens with one attached hydrogen (secondary N) is 1. The number of hydrogen-bond donors (Lipinski definition) is 2. The summed E-state index contributed by atoms with van der Waals surface area (Å²) in [5.41, 5.74) is 6.61. The molecule has 27 heavy (non-hydrogen) atoms. The van der Waals surface area contributed by atoms with Crippen LogP contribution in [0.25, 0.3) is 0 Å². The molecule has 1 aromatic rings. The average molecular weight is 399 g/mol. The van der Waals surface area contributed by atoms with Crippen LogP contribution in [0.15, 0.2) is 18.2 Å². The van der Waals surface area contributed by atoms with Crippen LogP contribution in [-0.4, -0.2) is 36.5 Å². The zero-order chi connectivity index (χ0) is 19.3. The van der Waals surface area contributed by atoms with Gasteiger partial charge in [-0.3, -0.25) is 14.9 Å². The molecule has 1 aromatic carbocycles. The van der Waals surface area contributed by atoms with Crippen LogP contribution in [0.4, 0.5) is 11.4 Å². The Morgan fingerprint density at radius 2 is 2.00 bits per heavy atom. The quantitative estimate of drug-likeness (QED) is 0.541. The van der Waals surface area contributed by atoms with E-state index in [1.54, 1.807) is 12.1 Å². The molecule has 1 fully saturated rings. The summed E-state index contributed by atoms with van der Waals surface area (Å²) >= 11 is 0. The molecule has 152 valence electrons. The lowest BCUT2D eigenvalue weighted by Gasteiger charge is -2.31. The van der Waals surface area contributed by atoms with Crippen molar-refractivity contribution in [3.05, 3.63) is 33.9 Å². The van der Waals surface area contributed by atoms with Gasteiger partial charge in [-0.25, -0.2) is 0 Å². The zero-order valence-electron chi connectivity index (χ0n) is 16.3. The van der Waals surface area contributed by atoms with Gasteiger partial charge in [0.05, 0.1) is 4.92 Å². The molecule has 0 saturated carbocycles. The number of anilines is 1. The number of rotatable bonds is 7. The summed E-state index contributed by atoms with van der Waals surface area (Å²) in [7, 11) is 0. The summed E-state index contributed by atoms with van der Waals surface area (Å²) < 4.78 is 0. The number of nitro benzene ring substituents is 1. The van der Waals surface area contributed by atoms with Crippen molar-refractivity contribution in [3.8, 4) is 0 Å². The van der Waals surface area contributed by atoms with Gasteiger partial charge in [-0.05, 0) is 43.2 Å². The summed E-state index contributed by atoms with van der Waals surface area (Å²) in [5, 5.41) is 14.4. The Bertz CT molecular complexity index is 646. The highest BCUT2D eigenvalue weighted by molar-refractivity contribution is 5.96. The van der Waals surface area contributed by atoms with Gasteiger partial charge in [0.1, 0.15) is 5.69 Å². The molecule has 1 atom stereocenters. The summed E-state index contributed by atoms with van der Waals surface area (Å²) in [6.07, 6.45) is 2.81. The molecule has 1 saturated heterocycles. The Labute approximate surface area is 167 Å². The molecule has 1 amide bonds. The highest BCUT2D eigenvalue weighted by Gasteiger charge is 2.25. The maximum absolute atomic E-state index is 12.5. The van der Waals surface area contributed by atoms with Gasteiger partial charge in [0.25, 0.3) is 11.6 Å². The van der Waals surface area contributed by atoms with Gasteiger partial charge in [-0.1, -0.05) is 20.8 Å². The number of benzene rings is 1. The average Bonchev–Trinajstić information content (AvgIpc) is 2.60. The van der Waals surface area contributed by atoms with Crippen LogP contribution < -0.4 is 16.0 Å². The van der Waals surface area contributed by atoms with Crippen LogP contribution in [0.5, 0.6) is 0 Å². The number of amides is 1. The van der Waals surface area contributed by atoms with E-state index in [0.717, 1.165) is 32.4 Å². The van der Waals surface area contributed by atoms with E-state index in [-0.39, 0.29) is 30.0 Å². The van der Waals surface area contributed by atoms with Crippen LogP contribution in [0.1, 0.15) is 50.4 Å². The second kappa shape index (κ2) is 10.5. The predicted octanol–water partition coefficient (Wildman–Crippen LogP) is 3.36. The Kier molecular flexibility index (Phi) is 8.99. The van der Waals surface area contributed by atoms with Gasteiger partial charge in [0, 0.05) is 37.3 Å². The van der Waals surface area contributed by atoms with Crippen molar-refractivity contribution in [2.24, 2.45) is 17.6 Å². The molecule has 1 unspecified atom stereocenters. The van der Waals surface area contributed by atoms with Crippen molar-refractivity contribution in [1.82, 2.24) is 5.32 Å². The third kappa shape index (κ3) is 6.36. The number of carbonyl (C=O) groups excluding carboxylic acids is 1. The van der Waals surface area contributed by atoms with E-state index in [4.69, 9.17) is 5.73 Å². The zero-order valence-corrected chi connectivity index (χ0v) is 17.1. The molecular formula is C19H31ClN4O3. The van der Waals surface area contributed by atoms with Crippen LogP contribution in [0, 0.1) is 22.0 Å². The molecule has 0 aromatic heterocycles. The van der Waals surface area contributed by atoms with E-state index in [1.807, 2.05) is 4.90 Å². The monoisotopic (exact) mass is 398 g/mol. The van der Waals surface area contributed by atoms with Gasteiger partial charge in [-0.2, -0.15) is 0 Å². The van der Waals surface area contributed by atoms with Crippen molar-refractivity contribution in [2.75, 3.05) is 24.5 Å². The Balaban J connectivity index is 0.00000364. The van der Waals surface area contributed by atoms with Gasteiger partial charge < -0.3 is 16.0 Å². The number of nitrogens with two attached hydrogens (primary N) is 1. The SMILES string of the molecule is CC(C)CC(CN)NC(=O)c1ccc(N2CCC(C)CC2)c([N+](=O)[O-])c1.Cl. The maximum atomic E-state index is 12.5. The molecule has 1 aliphatic heterocycles. The first-order chi connectivity index (χ1) is 12.3. The molecule has 0 radical (unpaired) electrons. The molecule has 0 bridgehead atoms. The molecule has 1 heterocycles. The fourth-order valence-corrected chi connectivity index (χ4v) is 3.38. The molecule has 3 N–H and O–H groups in total. The lowest BCUT2D eigenvalue weighted by molar-refractivity contribution is -0.384. The first-order valence-electron chi connectivity index (χ1n) is 9.36. The first kappa shape index (κ1) is 23.2. The smallest absolute Gasteiger partial charge is 0.293 e. The van der Waals surface area contributed by atoms with Crippen LogP contribution in [0.3, 0.4) is 0 Å².